The van der Waals surface area contributed by atoms with Crippen molar-refractivity contribution < 1.29 is 13.9 Å². The van der Waals surface area contributed by atoms with E-state index >= 15 is 4.39 Å². The van der Waals surface area contributed by atoms with Gasteiger partial charge in [0.1, 0.15) is 5.67 Å². The number of halogens is 3. The van der Waals surface area contributed by atoms with Gasteiger partial charge in [-0.2, -0.15) is 0 Å². The van der Waals surface area contributed by atoms with Gasteiger partial charge in [-0.05, 0) is 37.5 Å². The number of carbonyl (C=O) groups is 1. The lowest BCUT2D eigenvalue weighted by Gasteiger charge is -2.46. The van der Waals surface area contributed by atoms with Crippen LogP contribution in [0.15, 0.2) is 18.2 Å². The molecule has 3 rings (SSSR count). The number of ether oxygens (including phenoxy) is 1. The summed E-state index contributed by atoms with van der Waals surface area (Å²) in [7, 11) is 0. The Balaban J connectivity index is 1.49. The van der Waals surface area contributed by atoms with Crippen molar-refractivity contribution in [2.75, 3.05) is 39.4 Å². The lowest BCUT2D eigenvalue weighted by Crippen LogP contribution is -2.54. The summed E-state index contributed by atoms with van der Waals surface area (Å²) in [5.41, 5.74) is -0.779. The predicted molar refractivity (Wildman–Crippen MR) is 102 cm³/mol. The molecule has 4 nitrogen and oxygen atoms in total. The molecule has 1 amide bonds. The summed E-state index contributed by atoms with van der Waals surface area (Å²) in [6, 6.07) is 4.62. The van der Waals surface area contributed by atoms with Crippen LogP contribution in [0.1, 0.15) is 36.5 Å². The normalized spacial score (nSPS) is 21.8. The van der Waals surface area contributed by atoms with Crippen LogP contribution in [0.5, 0.6) is 0 Å². The highest BCUT2D eigenvalue weighted by molar-refractivity contribution is 6.35. The average molecular weight is 403 g/mol. The van der Waals surface area contributed by atoms with E-state index in [1.165, 1.54) is 12.1 Å². The lowest BCUT2D eigenvalue weighted by atomic mass is 9.81. The third-order valence-electron chi connectivity index (χ3n) is 5.57. The van der Waals surface area contributed by atoms with E-state index in [1.807, 2.05) is 0 Å². The molecule has 2 fully saturated rings. The van der Waals surface area contributed by atoms with E-state index in [4.69, 9.17) is 27.9 Å². The van der Waals surface area contributed by atoms with Crippen LogP contribution in [-0.2, 0) is 4.74 Å². The molecule has 0 saturated carbocycles. The Bertz CT molecular complexity index is 633. The molecule has 0 aromatic heterocycles. The first kappa shape index (κ1) is 19.9. The Hall–Kier alpha value is -0.880. The number of hydrogen-bond acceptors (Lipinski definition) is 3. The van der Waals surface area contributed by atoms with Gasteiger partial charge in [0.05, 0.1) is 19.8 Å². The van der Waals surface area contributed by atoms with Crippen LogP contribution >= 0.6 is 23.2 Å². The first-order chi connectivity index (χ1) is 12.3. The van der Waals surface area contributed by atoms with Gasteiger partial charge in [0.15, 0.2) is 0 Å². The first-order valence-corrected chi connectivity index (χ1v) is 9.82. The number of amides is 1. The van der Waals surface area contributed by atoms with E-state index in [-0.39, 0.29) is 17.9 Å². The number of nitrogens with one attached hydrogen (secondary N) is 1. The zero-order valence-corrected chi connectivity index (χ0v) is 16.5. The average Bonchev–Trinajstić information content (AvgIpc) is 2.57. The van der Waals surface area contributed by atoms with Gasteiger partial charge in [-0.25, -0.2) is 4.39 Å². The topological polar surface area (TPSA) is 41.6 Å². The number of piperidine rings is 1. The molecular weight excluding hydrogens is 378 g/mol. The van der Waals surface area contributed by atoms with Crippen molar-refractivity contribution in [3.8, 4) is 0 Å². The van der Waals surface area contributed by atoms with Gasteiger partial charge in [-0.1, -0.05) is 30.1 Å². The van der Waals surface area contributed by atoms with Gasteiger partial charge in [0.25, 0.3) is 5.91 Å². The molecule has 26 heavy (non-hydrogen) atoms. The van der Waals surface area contributed by atoms with Gasteiger partial charge in [-0.15, -0.1) is 0 Å². The van der Waals surface area contributed by atoms with Crippen LogP contribution in [0, 0.1) is 5.41 Å². The Morgan fingerprint density at radius 3 is 2.35 bits per heavy atom. The molecule has 7 heteroatoms. The second-order valence-electron chi connectivity index (χ2n) is 7.61. The predicted octanol–water partition coefficient (Wildman–Crippen LogP) is 3.95. The Kier molecular flexibility index (Phi) is 6.12. The monoisotopic (exact) mass is 402 g/mol. The van der Waals surface area contributed by atoms with Crippen LogP contribution < -0.4 is 5.32 Å². The minimum Gasteiger partial charge on any atom is -0.380 e. The largest absolute Gasteiger partial charge is 0.380 e. The van der Waals surface area contributed by atoms with E-state index in [9.17, 15) is 4.79 Å². The Labute approximate surface area is 164 Å². The molecule has 0 bridgehead atoms. The summed E-state index contributed by atoms with van der Waals surface area (Å²) in [6.45, 7) is 6.18. The van der Waals surface area contributed by atoms with E-state index in [2.05, 4.69) is 17.1 Å². The highest BCUT2D eigenvalue weighted by Gasteiger charge is 2.41. The zero-order chi connectivity index (χ0) is 18.8. The third kappa shape index (κ3) is 4.69. The molecule has 0 aliphatic carbocycles. The lowest BCUT2D eigenvalue weighted by molar-refractivity contribution is -0.132. The summed E-state index contributed by atoms with van der Waals surface area (Å²) in [5, 5.41) is 3.46. The Morgan fingerprint density at radius 1 is 1.23 bits per heavy atom. The van der Waals surface area contributed by atoms with Gasteiger partial charge in [-0.3, -0.25) is 4.79 Å². The van der Waals surface area contributed by atoms with E-state index in [1.54, 1.807) is 6.07 Å². The third-order valence-corrected chi connectivity index (χ3v) is 6.00. The molecule has 2 heterocycles. The summed E-state index contributed by atoms with van der Waals surface area (Å²) in [4.78, 5) is 14.6. The van der Waals surface area contributed by atoms with Gasteiger partial charge < -0.3 is 15.0 Å². The molecular formula is C19H25Cl2FN2O2. The van der Waals surface area contributed by atoms with Gasteiger partial charge in [0, 0.05) is 40.7 Å². The summed E-state index contributed by atoms with van der Waals surface area (Å²) in [5.74, 6) is -0.356. The number of likely N-dealkylation sites (tertiary alicyclic amines) is 1. The number of rotatable bonds is 6. The standard InChI is InChI=1S/C19H25Cl2FN2O2/c1-2-18(12-26-13-18)11-24-5-3-19(22,4-6-24)10-23-17(25)14-7-15(20)9-16(21)8-14/h7-9H,2-6,10-13H2,1H3,(H,23,25). The van der Waals surface area contributed by atoms with E-state index in [0.717, 1.165) is 26.2 Å². The quantitative estimate of drug-likeness (QED) is 0.782. The molecule has 144 valence electrons. The molecule has 1 N–H and O–H groups in total. The minimum atomic E-state index is -1.37. The van der Waals surface area contributed by atoms with Gasteiger partial charge >= 0.3 is 0 Å². The van der Waals surface area contributed by atoms with Crippen molar-refractivity contribution >= 4 is 29.1 Å². The van der Waals surface area contributed by atoms with Crippen molar-refractivity contribution in [2.45, 2.75) is 31.9 Å². The second kappa shape index (κ2) is 8.01. The van der Waals surface area contributed by atoms with Crippen LogP contribution in [0.4, 0.5) is 4.39 Å². The minimum absolute atomic E-state index is 0.00579. The molecule has 2 aliphatic rings. The van der Waals surface area contributed by atoms with Crippen LogP contribution in [0.2, 0.25) is 10.0 Å². The number of benzene rings is 1. The molecule has 1 aromatic carbocycles. The first-order valence-electron chi connectivity index (χ1n) is 9.06. The van der Waals surface area contributed by atoms with Crippen LogP contribution in [0.25, 0.3) is 0 Å². The number of alkyl halides is 1. The SMILES string of the molecule is CCC1(CN2CCC(F)(CNC(=O)c3cc(Cl)cc(Cl)c3)CC2)COC1. The maximum absolute atomic E-state index is 15.1. The fourth-order valence-corrected chi connectivity index (χ4v) is 4.11. The molecule has 0 radical (unpaired) electrons. The highest BCUT2D eigenvalue weighted by Crippen LogP contribution is 2.34. The van der Waals surface area contributed by atoms with Crippen LogP contribution in [-0.4, -0.2) is 55.9 Å². The number of carbonyl (C=O) groups excluding carboxylic acids is 1. The molecule has 2 saturated heterocycles. The summed E-state index contributed by atoms with van der Waals surface area (Å²) >= 11 is 11.8. The molecule has 0 atom stereocenters. The smallest absolute Gasteiger partial charge is 0.251 e. The van der Waals surface area contributed by atoms with E-state index < -0.39 is 5.67 Å². The fraction of sp³-hybridized carbons (Fsp3) is 0.632. The number of nitrogens with zero attached hydrogens (tertiary/aromatic N) is 1. The number of hydrogen-bond donors (Lipinski definition) is 1. The van der Waals surface area contributed by atoms with Crippen molar-refractivity contribution in [1.82, 2.24) is 10.2 Å². The molecule has 0 unspecified atom stereocenters. The summed E-state index contributed by atoms with van der Waals surface area (Å²) in [6.07, 6.45) is 1.93. The van der Waals surface area contributed by atoms with Crippen LogP contribution in [0.3, 0.4) is 0 Å². The fourth-order valence-electron chi connectivity index (χ4n) is 3.59. The second-order valence-corrected chi connectivity index (χ2v) is 8.49. The summed E-state index contributed by atoms with van der Waals surface area (Å²) < 4.78 is 20.4. The molecule has 0 spiro atoms. The maximum Gasteiger partial charge on any atom is 0.251 e. The van der Waals surface area contributed by atoms with Gasteiger partial charge in [0.2, 0.25) is 0 Å². The maximum atomic E-state index is 15.1. The van der Waals surface area contributed by atoms with Crippen molar-refractivity contribution in [3.63, 3.8) is 0 Å². The van der Waals surface area contributed by atoms with Crippen molar-refractivity contribution in [2.24, 2.45) is 5.41 Å². The molecule has 2 aliphatic heterocycles. The zero-order valence-electron chi connectivity index (χ0n) is 15.0. The Morgan fingerprint density at radius 2 is 1.85 bits per heavy atom. The van der Waals surface area contributed by atoms with Crippen molar-refractivity contribution in [1.29, 1.82) is 0 Å². The van der Waals surface area contributed by atoms with E-state index in [0.29, 0.717) is 41.5 Å². The molecule has 1 aromatic rings. The van der Waals surface area contributed by atoms with Crippen molar-refractivity contribution in [3.05, 3.63) is 33.8 Å². The highest BCUT2D eigenvalue weighted by atomic mass is 35.5.